The van der Waals surface area contributed by atoms with Crippen molar-refractivity contribution in [1.82, 2.24) is 5.32 Å². The first-order chi connectivity index (χ1) is 9.11. The molecule has 1 rings (SSSR count). The monoisotopic (exact) mass is 374 g/mol. The highest BCUT2D eigenvalue weighted by Crippen LogP contribution is 2.10. The summed E-state index contributed by atoms with van der Waals surface area (Å²) in [5.74, 6) is 0.499. The topological polar surface area (TPSA) is 55.1 Å². The summed E-state index contributed by atoms with van der Waals surface area (Å²) in [6.07, 6.45) is 3.65. The number of carbonyl (C=O) groups excluding carboxylic acids is 1. The van der Waals surface area contributed by atoms with Gasteiger partial charge >= 0.3 is 0 Å². The lowest BCUT2D eigenvalue weighted by atomic mass is 10.1. The summed E-state index contributed by atoms with van der Waals surface area (Å²) in [5.41, 5.74) is 6.85. The molecule has 1 amide bonds. The molecule has 0 aliphatic heterocycles. The Balaban J connectivity index is 2.10. The van der Waals surface area contributed by atoms with Gasteiger partial charge in [0.2, 0.25) is 5.91 Å². The van der Waals surface area contributed by atoms with Gasteiger partial charge < -0.3 is 11.1 Å². The second-order valence-corrected chi connectivity index (χ2v) is 6.22. The fraction of sp³-hybridized carbons (Fsp3) is 0.533. The van der Waals surface area contributed by atoms with Gasteiger partial charge in [0.25, 0.3) is 0 Å². The van der Waals surface area contributed by atoms with Crippen LogP contribution in [0.4, 0.5) is 0 Å². The summed E-state index contributed by atoms with van der Waals surface area (Å²) in [6, 6.07) is 8.56. The quantitative estimate of drug-likeness (QED) is 0.543. The zero-order valence-corrected chi connectivity index (χ0v) is 13.7. The van der Waals surface area contributed by atoms with Crippen LogP contribution in [0.3, 0.4) is 0 Å². The normalized spacial score (nSPS) is 12.2. The molecule has 0 heterocycles. The Hall–Kier alpha value is -0.620. The van der Waals surface area contributed by atoms with E-state index in [1.165, 1.54) is 9.13 Å². The number of nitrogens with two attached hydrogens (primary N) is 1. The van der Waals surface area contributed by atoms with Crippen LogP contribution in [-0.2, 0) is 11.2 Å². The van der Waals surface area contributed by atoms with E-state index in [9.17, 15) is 4.79 Å². The van der Waals surface area contributed by atoms with Crippen LogP contribution in [0.15, 0.2) is 24.3 Å². The molecular weight excluding hydrogens is 351 g/mol. The SMILES string of the molecule is CC(CN)CNC(=O)CCCCc1ccc(I)cc1. The number of carbonyl (C=O) groups is 1. The molecule has 106 valence electrons. The molecule has 3 nitrogen and oxygen atoms in total. The minimum atomic E-state index is 0.142. The van der Waals surface area contributed by atoms with Crippen molar-refractivity contribution in [3.05, 3.63) is 33.4 Å². The van der Waals surface area contributed by atoms with Crippen LogP contribution in [-0.4, -0.2) is 19.0 Å². The Bertz CT molecular complexity index is 378. The molecular formula is C15H23IN2O. The second-order valence-electron chi connectivity index (χ2n) is 4.98. The van der Waals surface area contributed by atoms with Crippen LogP contribution < -0.4 is 11.1 Å². The van der Waals surface area contributed by atoms with E-state index in [-0.39, 0.29) is 5.91 Å². The van der Waals surface area contributed by atoms with Crippen LogP contribution in [0, 0.1) is 9.49 Å². The van der Waals surface area contributed by atoms with Crippen LogP contribution in [0.25, 0.3) is 0 Å². The summed E-state index contributed by atoms with van der Waals surface area (Å²) in [7, 11) is 0. The molecule has 0 bridgehead atoms. The molecule has 1 atom stereocenters. The molecule has 0 radical (unpaired) electrons. The van der Waals surface area contributed by atoms with Gasteiger partial charge in [-0.15, -0.1) is 0 Å². The largest absolute Gasteiger partial charge is 0.356 e. The first kappa shape index (κ1) is 16.4. The van der Waals surface area contributed by atoms with Crippen molar-refractivity contribution in [2.75, 3.05) is 13.1 Å². The van der Waals surface area contributed by atoms with Crippen molar-refractivity contribution < 1.29 is 4.79 Å². The number of halogens is 1. The van der Waals surface area contributed by atoms with Gasteiger partial charge in [0, 0.05) is 16.5 Å². The number of hydrogen-bond donors (Lipinski definition) is 2. The molecule has 0 aliphatic rings. The Labute approximate surface area is 129 Å². The summed E-state index contributed by atoms with van der Waals surface area (Å²) >= 11 is 2.31. The van der Waals surface area contributed by atoms with E-state index in [4.69, 9.17) is 5.73 Å². The molecule has 0 fully saturated rings. The first-order valence-electron chi connectivity index (χ1n) is 6.83. The zero-order chi connectivity index (χ0) is 14.1. The first-order valence-corrected chi connectivity index (χ1v) is 7.91. The van der Waals surface area contributed by atoms with Crippen LogP contribution in [0.2, 0.25) is 0 Å². The predicted molar refractivity (Wildman–Crippen MR) is 87.9 cm³/mol. The van der Waals surface area contributed by atoms with E-state index in [2.05, 4.69) is 52.2 Å². The maximum absolute atomic E-state index is 11.6. The minimum Gasteiger partial charge on any atom is -0.356 e. The third-order valence-electron chi connectivity index (χ3n) is 3.08. The van der Waals surface area contributed by atoms with E-state index in [0.717, 1.165) is 19.3 Å². The van der Waals surface area contributed by atoms with Gasteiger partial charge in [-0.3, -0.25) is 4.79 Å². The van der Waals surface area contributed by atoms with E-state index < -0.39 is 0 Å². The third kappa shape index (κ3) is 7.52. The van der Waals surface area contributed by atoms with Gasteiger partial charge in [-0.2, -0.15) is 0 Å². The molecule has 0 aliphatic carbocycles. The van der Waals surface area contributed by atoms with Crippen molar-refractivity contribution in [3.63, 3.8) is 0 Å². The number of rotatable bonds is 8. The summed E-state index contributed by atoms with van der Waals surface area (Å²) in [5, 5.41) is 2.92. The van der Waals surface area contributed by atoms with Gasteiger partial charge in [-0.05, 0) is 72.0 Å². The predicted octanol–water partition coefficient (Wildman–Crippen LogP) is 2.72. The molecule has 0 spiro atoms. The standard InChI is InChI=1S/C15H23IN2O/c1-12(10-17)11-18-15(19)5-3-2-4-13-6-8-14(16)9-7-13/h6-9,12H,2-5,10-11,17H2,1H3,(H,18,19). The Morgan fingerprint density at radius 2 is 2.00 bits per heavy atom. The molecule has 0 aromatic heterocycles. The fourth-order valence-electron chi connectivity index (χ4n) is 1.73. The van der Waals surface area contributed by atoms with Crippen molar-refractivity contribution in [3.8, 4) is 0 Å². The minimum absolute atomic E-state index is 0.142. The van der Waals surface area contributed by atoms with Gasteiger partial charge in [-0.1, -0.05) is 19.1 Å². The second kappa shape index (κ2) is 9.31. The number of nitrogens with one attached hydrogen (secondary N) is 1. The smallest absolute Gasteiger partial charge is 0.220 e. The molecule has 1 aromatic carbocycles. The summed E-state index contributed by atoms with van der Waals surface area (Å²) in [6.45, 7) is 3.34. The number of aryl methyl sites for hydroxylation is 1. The van der Waals surface area contributed by atoms with Crippen molar-refractivity contribution in [2.45, 2.75) is 32.6 Å². The van der Waals surface area contributed by atoms with E-state index in [1.807, 2.05) is 6.92 Å². The Morgan fingerprint density at radius 3 is 2.63 bits per heavy atom. The lowest BCUT2D eigenvalue weighted by molar-refractivity contribution is -0.121. The average molecular weight is 374 g/mol. The van der Waals surface area contributed by atoms with Gasteiger partial charge in [0.1, 0.15) is 0 Å². The van der Waals surface area contributed by atoms with Gasteiger partial charge in [0.15, 0.2) is 0 Å². The average Bonchev–Trinajstić information content (AvgIpc) is 2.42. The van der Waals surface area contributed by atoms with Crippen LogP contribution in [0.1, 0.15) is 31.7 Å². The maximum Gasteiger partial charge on any atom is 0.220 e. The summed E-state index contributed by atoms with van der Waals surface area (Å²) in [4.78, 5) is 11.6. The lowest BCUT2D eigenvalue weighted by Crippen LogP contribution is -2.31. The number of amides is 1. The maximum atomic E-state index is 11.6. The Kier molecular flexibility index (Phi) is 8.05. The molecule has 4 heteroatoms. The fourth-order valence-corrected chi connectivity index (χ4v) is 2.09. The molecule has 0 saturated heterocycles. The molecule has 0 saturated carbocycles. The lowest BCUT2D eigenvalue weighted by Gasteiger charge is -2.09. The zero-order valence-electron chi connectivity index (χ0n) is 11.5. The van der Waals surface area contributed by atoms with Gasteiger partial charge in [0.05, 0.1) is 0 Å². The molecule has 3 N–H and O–H groups in total. The van der Waals surface area contributed by atoms with Crippen molar-refractivity contribution in [2.24, 2.45) is 11.7 Å². The Morgan fingerprint density at radius 1 is 1.32 bits per heavy atom. The highest BCUT2D eigenvalue weighted by molar-refractivity contribution is 14.1. The number of benzene rings is 1. The van der Waals surface area contributed by atoms with Crippen LogP contribution in [0.5, 0.6) is 0 Å². The molecule has 1 aromatic rings. The number of hydrogen-bond acceptors (Lipinski definition) is 2. The molecule has 19 heavy (non-hydrogen) atoms. The van der Waals surface area contributed by atoms with E-state index in [0.29, 0.717) is 25.4 Å². The van der Waals surface area contributed by atoms with E-state index >= 15 is 0 Å². The van der Waals surface area contributed by atoms with E-state index in [1.54, 1.807) is 0 Å². The number of unbranched alkanes of at least 4 members (excludes halogenated alkanes) is 1. The van der Waals surface area contributed by atoms with Gasteiger partial charge in [-0.25, -0.2) is 0 Å². The molecule has 1 unspecified atom stereocenters. The highest BCUT2D eigenvalue weighted by Gasteiger charge is 2.04. The third-order valence-corrected chi connectivity index (χ3v) is 3.80. The van der Waals surface area contributed by atoms with Crippen LogP contribution >= 0.6 is 22.6 Å². The van der Waals surface area contributed by atoms with Crippen molar-refractivity contribution >= 4 is 28.5 Å². The summed E-state index contributed by atoms with van der Waals surface area (Å²) < 4.78 is 1.26. The van der Waals surface area contributed by atoms with Crippen molar-refractivity contribution in [1.29, 1.82) is 0 Å². The highest BCUT2D eigenvalue weighted by atomic mass is 127.